The highest BCUT2D eigenvalue weighted by Crippen LogP contribution is 2.36. The van der Waals surface area contributed by atoms with E-state index < -0.39 is 26.3 Å². The highest BCUT2D eigenvalue weighted by Gasteiger charge is 2.33. The number of methoxy groups -OCH3 is 2. The Morgan fingerprint density at radius 3 is 1.62 bits per heavy atom. The van der Waals surface area contributed by atoms with Crippen LogP contribution in [-0.4, -0.2) is 137 Å². The molecule has 65 heavy (non-hydrogen) atoms. The van der Waals surface area contributed by atoms with Gasteiger partial charge in [-0.15, -0.1) is 0 Å². The van der Waals surface area contributed by atoms with Crippen molar-refractivity contribution in [3.63, 3.8) is 0 Å². The lowest BCUT2D eigenvalue weighted by atomic mass is 9.91. The second kappa shape index (κ2) is 21.8. The predicted octanol–water partition coefficient (Wildman–Crippen LogP) is 4.16. The summed E-state index contributed by atoms with van der Waals surface area (Å²) in [4.78, 5) is 36.9. The molecule has 3 N–H and O–H groups in total. The molecule has 0 bridgehead atoms. The van der Waals surface area contributed by atoms with Gasteiger partial charge in [0.25, 0.3) is 10.2 Å². The number of aromatic nitrogens is 2. The van der Waals surface area contributed by atoms with Gasteiger partial charge in [0.2, 0.25) is 22.9 Å². The van der Waals surface area contributed by atoms with Gasteiger partial charge in [0.15, 0.2) is 0 Å². The molecule has 352 valence electrons. The summed E-state index contributed by atoms with van der Waals surface area (Å²) in [5.74, 6) is 0.533. The highest BCUT2D eigenvalue weighted by molar-refractivity contribution is 7.87. The van der Waals surface area contributed by atoms with Gasteiger partial charge in [-0.1, -0.05) is 24.3 Å². The van der Waals surface area contributed by atoms with E-state index in [9.17, 15) is 26.4 Å². The molecule has 4 aromatic rings. The van der Waals surface area contributed by atoms with Crippen molar-refractivity contribution in [2.24, 2.45) is 5.14 Å². The van der Waals surface area contributed by atoms with Crippen LogP contribution >= 0.6 is 11.6 Å². The van der Waals surface area contributed by atoms with E-state index in [0.29, 0.717) is 18.3 Å². The summed E-state index contributed by atoms with van der Waals surface area (Å²) in [7, 11) is 2.74. The van der Waals surface area contributed by atoms with Gasteiger partial charge in [-0.3, -0.25) is 9.59 Å². The Kier molecular flexibility index (Phi) is 16.8. The number of nitrogens with two attached hydrogens (primary N) is 1. The molecule has 2 atom stereocenters. The van der Waals surface area contributed by atoms with Gasteiger partial charge >= 0.3 is 10.2 Å². The van der Waals surface area contributed by atoms with Crippen LogP contribution in [0.2, 0.25) is 0 Å². The van der Waals surface area contributed by atoms with Gasteiger partial charge in [0.05, 0.1) is 20.6 Å². The van der Waals surface area contributed by atoms with E-state index in [0.717, 1.165) is 110 Å². The zero-order valence-electron chi connectivity index (χ0n) is 38.0. The van der Waals surface area contributed by atoms with Gasteiger partial charge in [-0.2, -0.15) is 25.4 Å². The molecule has 2 aromatic carbocycles. The summed E-state index contributed by atoms with van der Waals surface area (Å²) < 4.78 is 62.8. The molecule has 2 saturated heterocycles. The van der Waals surface area contributed by atoms with Crippen molar-refractivity contribution in [3.05, 3.63) is 94.3 Å². The van der Waals surface area contributed by atoms with E-state index in [1.54, 1.807) is 26.6 Å². The quantitative estimate of drug-likeness (QED) is 0.182. The number of hydrogen-bond donors (Lipinski definition) is 2. The number of carbonyl (C=O) groups excluding carboxylic acids is 2. The Morgan fingerprint density at radius 1 is 0.738 bits per heavy atom. The Bertz CT molecular complexity index is 2580. The molecule has 2 aliphatic heterocycles. The van der Waals surface area contributed by atoms with Crippen molar-refractivity contribution in [2.75, 3.05) is 68.6 Å². The first-order valence-corrected chi connectivity index (χ1v) is 25.1. The number of rotatable bonds is 13. The summed E-state index contributed by atoms with van der Waals surface area (Å²) in [6.45, 7) is 3.21. The van der Waals surface area contributed by atoms with Gasteiger partial charge in [-0.25, -0.2) is 19.8 Å². The number of hydrogen-bond acceptors (Lipinski definition) is 12. The zero-order valence-corrected chi connectivity index (χ0v) is 40.4. The van der Waals surface area contributed by atoms with Crippen LogP contribution in [0.15, 0.2) is 60.9 Å². The van der Waals surface area contributed by atoms with E-state index in [4.69, 9.17) is 26.2 Å². The minimum atomic E-state index is -3.91. The van der Waals surface area contributed by atoms with Crippen molar-refractivity contribution in [2.45, 2.75) is 76.3 Å². The molecule has 0 spiro atoms. The molecular weight excluding hydrogens is 892 g/mol. The van der Waals surface area contributed by atoms with Gasteiger partial charge in [0, 0.05) is 70.2 Å². The first-order valence-electron chi connectivity index (χ1n) is 21.8. The van der Waals surface area contributed by atoms with Crippen molar-refractivity contribution in [3.8, 4) is 34.0 Å². The number of likely N-dealkylation sites (N-methyl/N-ethyl adjacent to an activating group) is 4. The fraction of sp³-hybridized carbons (Fsp3) is 0.478. The summed E-state index contributed by atoms with van der Waals surface area (Å²) in [5, 5.41) is 4.66. The molecule has 2 fully saturated rings. The number of carbonyl (C=O) groups is 2. The maximum Gasteiger partial charge on any atom is 0.303 e. The third kappa shape index (κ3) is 12.7. The second-order valence-corrected chi connectivity index (χ2v) is 20.8. The Balaban J connectivity index is 0.000000181. The van der Waals surface area contributed by atoms with E-state index in [1.165, 1.54) is 39.4 Å². The number of benzene rings is 2. The molecule has 2 aliphatic carbocycles. The number of halogens is 1. The van der Waals surface area contributed by atoms with Crippen molar-refractivity contribution < 1.29 is 35.9 Å². The number of likely N-dealkylation sites (tertiary alicyclic amines) is 2. The number of nitrogens with zero attached hydrogens (tertiary/aromatic N) is 6. The lowest BCUT2D eigenvalue weighted by Crippen LogP contribution is -2.47. The fourth-order valence-corrected chi connectivity index (χ4v) is 11.0. The van der Waals surface area contributed by atoms with Crippen LogP contribution < -0.4 is 19.3 Å². The third-order valence-corrected chi connectivity index (χ3v) is 15.5. The average molecular weight is 954 g/mol. The fourth-order valence-electron chi connectivity index (χ4n) is 9.18. The average Bonchev–Trinajstić information content (AvgIpc) is 4.12. The zero-order chi connectivity index (χ0) is 47.1. The molecule has 2 unspecified atom stereocenters. The monoisotopic (exact) mass is 952 g/mol. The molecule has 0 saturated carbocycles. The molecular formula is C46H61ClN8O8S2. The lowest BCUT2D eigenvalue weighted by Gasteiger charge is -2.24. The summed E-state index contributed by atoms with van der Waals surface area (Å²) >= 11 is 5.66. The Morgan fingerprint density at radius 2 is 1.20 bits per heavy atom. The molecule has 2 aromatic heterocycles. The molecule has 4 aliphatic rings. The third-order valence-electron chi connectivity index (χ3n) is 12.7. The first-order chi connectivity index (χ1) is 30.9. The van der Waals surface area contributed by atoms with Crippen LogP contribution in [0, 0.1) is 0 Å². The largest absolute Gasteiger partial charge is 0.481 e. The maximum absolute atomic E-state index is 13.0. The molecule has 8 rings (SSSR count). The standard InChI is InChI=1S/C23H30N4O4S.C17H16ClNO2.C6H15N3O2S/c1-26-12-10-18(15-26)27(2)32(29,30)25-22(28)14-21-19-6-4-5-16(19)7-8-20(21)17-9-11-24-23(13-17)31-3;1-21-17-9-12(7-8-19-17)14-6-5-11-3-2-4-13(11)15(14)10-16(18)20;1-8-4-3-6(5-8)9(2)12(7,10)11/h7-9,11,13,18H,4-6,10,12,14-15H2,1-3H3,(H,25,28);5-9H,2-4,10H2,1H3;6H,3-5H2,1-2H3,(H2,7,10,11). The number of aryl methyl sites for hydroxylation is 2. The topological polar surface area (TPSA) is 198 Å². The minimum Gasteiger partial charge on any atom is -0.481 e. The predicted molar refractivity (Wildman–Crippen MR) is 252 cm³/mol. The van der Waals surface area contributed by atoms with Crippen molar-refractivity contribution in [1.82, 2.24) is 33.1 Å². The smallest absolute Gasteiger partial charge is 0.303 e. The molecule has 16 nitrogen and oxygen atoms in total. The number of pyridine rings is 2. The maximum atomic E-state index is 13.0. The molecule has 0 radical (unpaired) electrons. The van der Waals surface area contributed by atoms with Crippen LogP contribution in [0.4, 0.5) is 0 Å². The number of fused-ring (bicyclic) bond motifs is 2. The molecule has 19 heteroatoms. The number of nitrogens with one attached hydrogen (secondary N) is 1. The van der Waals surface area contributed by atoms with E-state index in [1.807, 2.05) is 44.4 Å². The van der Waals surface area contributed by atoms with Crippen LogP contribution in [-0.2, 0) is 68.5 Å². The summed E-state index contributed by atoms with van der Waals surface area (Å²) in [6.07, 6.45) is 11.4. The highest BCUT2D eigenvalue weighted by atomic mass is 35.5. The van der Waals surface area contributed by atoms with E-state index in [-0.39, 0.29) is 30.2 Å². The minimum absolute atomic E-state index is 0.000778. The van der Waals surface area contributed by atoms with Crippen LogP contribution in [0.1, 0.15) is 59.1 Å². The van der Waals surface area contributed by atoms with E-state index in [2.05, 4.69) is 42.7 Å². The van der Waals surface area contributed by atoms with Gasteiger partial charge in [-0.05, 0) is 158 Å². The summed E-state index contributed by atoms with van der Waals surface area (Å²) in [5.41, 5.74) is 10.8. The lowest BCUT2D eigenvalue weighted by molar-refractivity contribution is -0.118. The number of ether oxygens (including phenoxy) is 2. The Hall–Kier alpha value is -4.53. The van der Waals surface area contributed by atoms with E-state index >= 15 is 0 Å². The number of amides is 1. The van der Waals surface area contributed by atoms with Crippen molar-refractivity contribution in [1.29, 1.82) is 0 Å². The van der Waals surface area contributed by atoms with Gasteiger partial charge in [0.1, 0.15) is 0 Å². The Labute approximate surface area is 388 Å². The van der Waals surface area contributed by atoms with Crippen LogP contribution in [0.25, 0.3) is 22.3 Å². The first kappa shape index (κ1) is 49.9. The molecule has 1 amide bonds. The summed E-state index contributed by atoms with van der Waals surface area (Å²) in [6, 6.07) is 15.8. The SMILES string of the molecule is CN1CCC(N(C)S(N)(=O)=O)C1.COc1cc(-c2ccc3c(c2CC(=O)Cl)CCC3)ccn1.COc1cc(-c2ccc3c(c2CC(=O)NS(=O)(=O)N(C)C2CCN(C)C2)CCC3)ccn1. The van der Waals surface area contributed by atoms with Gasteiger partial charge < -0.3 is 19.3 Å². The van der Waals surface area contributed by atoms with Crippen molar-refractivity contribution >= 4 is 43.2 Å². The normalized spacial score (nSPS) is 18.4. The van der Waals surface area contributed by atoms with Crippen LogP contribution in [0.3, 0.4) is 0 Å². The molecule has 4 heterocycles. The second-order valence-electron chi connectivity index (χ2n) is 17.1. The van der Waals surface area contributed by atoms with Crippen LogP contribution in [0.5, 0.6) is 11.8 Å².